The second kappa shape index (κ2) is 7.04. The van der Waals surface area contributed by atoms with E-state index in [4.69, 9.17) is 5.73 Å². The molecule has 0 aliphatic heterocycles. The van der Waals surface area contributed by atoms with E-state index in [1.54, 1.807) is 0 Å². The Hall–Kier alpha value is -0.410. The van der Waals surface area contributed by atoms with Gasteiger partial charge < -0.3 is 11.1 Å². The van der Waals surface area contributed by atoms with Gasteiger partial charge in [-0.15, -0.1) is 0 Å². The molecule has 78 valence electrons. The highest BCUT2D eigenvalue weighted by atomic mass is 16.1. The molecule has 0 heterocycles. The molecule has 3 heteroatoms. The maximum Gasteiger partial charge on any atom is 0.149 e. The topological polar surface area (TPSA) is 55.1 Å². The lowest BCUT2D eigenvalue weighted by molar-refractivity contribution is -0.121. The van der Waals surface area contributed by atoms with Gasteiger partial charge in [0.1, 0.15) is 5.78 Å². The monoisotopic (exact) mass is 186 g/mol. The molecule has 13 heavy (non-hydrogen) atoms. The number of Topliss-reactive ketones (excluding diaryl/α,β-unsaturated/α-hetero) is 1. The van der Waals surface area contributed by atoms with Crippen LogP contribution in [0.15, 0.2) is 0 Å². The minimum absolute atomic E-state index is 0.00792. The standard InChI is InChI=1S/C10H22N2O/c1-4-10(13)9(6-5-7-11)12-8(2)3/h8-9,12H,4-7,11H2,1-3H3. The minimum atomic E-state index is 0.00792. The number of carbonyl (C=O) groups is 1. The molecule has 1 unspecified atom stereocenters. The molecule has 3 N–H and O–H groups in total. The Morgan fingerprint density at radius 3 is 2.46 bits per heavy atom. The summed E-state index contributed by atoms with van der Waals surface area (Å²) in [5.74, 6) is 0.294. The van der Waals surface area contributed by atoms with Crippen molar-refractivity contribution in [3.8, 4) is 0 Å². The van der Waals surface area contributed by atoms with E-state index in [-0.39, 0.29) is 6.04 Å². The predicted molar refractivity (Wildman–Crippen MR) is 55.6 cm³/mol. The Morgan fingerprint density at radius 2 is 2.08 bits per heavy atom. The fraction of sp³-hybridized carbons (Fsp3) is 0.900. The zero-order chi connectivity index (χ0) is 10.3. The molecular formula is C10H22N2O. The summed E-state index contributed by atoms with van der Waals surface area (Å²) in [4.78, 5) is 11.5. The normalized spacial score (nSPS) is 13.3. The van der Waals surface area contributed by atoms with Crippen molar-refractivity contribution in [2.45, 2.75) is 52.1 Å². The fourth-order valence-corrected chi connectivity index (χ4v) is 1.31. The van der Waals surface area contributed by atoms with E-state index < -0.39 is 0 Å². The predicted octanol–water partition coefficient (Wildman–Crippen LogP) is 1.07. The van der Waals surface area contributed by atoms with Gasteiger partial charge in [-0.05, 0) is 19.4 Å². The first-order valence-electron chi connectivity index (χ1n) is 5.10. The Bertz CT molecular complexity index is 146. The Balaban J connectivity index is 3.94. The van der Waals surface area contributed by atoms with Crippen LogP contribution in [-0.4, -0.2) is 24.4 Å². The molecule has 0 saturated carbocycles. The van der Waals surface area contributed by atoms with E-state index in [9.17, 15) is 4.79 Å². The van der Waals surface area contributed by atoms with Crippen molar-refractivity contribution in [1.29, 1.82) is 0 Å². The molecule has 0 aliphatic carbocycles. The molecular weight excluding hydrogens is 164 g/mol. The van der Waals surface area contributed by atoms with E-state index >= 15 is 0 Å². The van der Waals surface area contributed by atoms with E-state index in [1.165, 1.54) is 0 Å². The highest BCUT2D eigenvalue weighted by Crippen LogP contribution is 2.01. The van der Waals surface area contributed by atoms with Crippen LogP contribution in [0.1, 0.15) is 40.0 Å². The van der Waals surface area contributed by atoms with Crippen molar-refractivity contribution < 1.29 is 4.79 Å². The molecule has 0 aromatic heterocycles. The zero-order valence-electron chi connectivity index (χ0n) is 8.97. The van der Waals surface area contributed by atoms with E-state index in [1.807, 2.05) is 6.92 Å². The molecule has 0 aromatic carbocycles. The third-order valence-corrected chi connectivity index (χ3v) is 1.97. The number of carbonyl (C=O) groups excluding carboxylic acids is 1. The highest BCUT2D eigenvalue weighted by molar-refractivity contribution is 5.83. The summed E-state index contributed by atoms with van der Waals surface area (Å²) in [6.07, 6.45) is 2.38. The number of ketones is 1. The zero-order valence-corrected chi connectivity index (χ0v) is 8.97. The van der Waals surface area contributed by atoms with Gasteiger partial charge in [0, 0.05) is 12.5 Å². The van der Waals surface area contributed by atoms with Crippen molar-refractivity contribution in [2.24, 2.45) is 5.73 Å². The van der Waals surface area contributed by atoms with Crippen molar-refractivity contribution in [3.63, 3.8) is 0 Å². The first kappa shape index (κ1) is 12.6. The summed E-state index contributed by atoms with van der Waals surface area (Å²) in [7, 11) is 0. The molecule has 3 nitrogen and oxygen atoms in total. The van der Waals surface area contributed by atoms with Crippen molar-refractivity contribution in [1.82, 2.24) is 5.32 Å². The average molecular weight is 186 g/mol. The molecule has 0 aromatic rings. The molecule has 0 radical (unpaired) electrons. The maximum absolute atomic E-state index is 11.5. The average Bonchev–Trinajstić information content (AvgIpc) is 2.10. The number of hydrogen-bond acceptors (Lipinski definition) is 3. The molecule has 0 aliphatic rings. The summed E-state index contributed by atoms with van der Waals surface area (Å²) < 4.78 is 0. The minimum Gasteiger partial charge on any atom is -0.330 e. The number of nitrogens with two attached hydrogens (primary N) is 1. The number of hydrogen-bond donors (Lipinski definition) is 2. The van der Waals surface area contributed by atoms with Gasteiger partial charge in [0.2, 0.25) is 0 Å². The quantitative estimate of drug-likeness (QED) is 0.625. The largest absolute Gasteiger partial charge is 0.330 e. The third kappa shape index (κ3) is 5.77. The lowest BCUT2D eigenvalue weighted by atomic mass is 10.0. The van der Waals surface area contributed by atoms with Crippen LogP contribution in [0.3, 0.4) is 0 Å². The van der Waals surface area contributed by atoms with Crippen LogP contribution in [0.4, 0.5) is 0 Å². The molecule has 1 atom stereocenters. The van der Waals surface area contributed by atoms with Crippen LogP contribution in [0, 0.1) is 0 Å². The van der Waals surface area contributed by atoms with Crippen LogP contribution in [-0.2, 0) is 4.79 Å². The number of nitrogens with one attached hydrogen (secondary N) is 1. The van der Waals surface area contributed by atoms with Gasteiger partial charge in [-0.2, -0.15) is 0 Å². The van der Waals surface area contributed by atoms with Gasteiger partial charge in [-0.3, -0.25) is 4.79 Å². The molecule has 0 saturated heterocycles. The van der Waals surface area contributed by atoms with Gasteiger partial charge in [-0.1, -0.05) is 20.8 Å². The Labute approximate surface area is 81.1 Å². The smallest absolute Gasteiger partial charge is 0.149 e. The van der Waals surface area contributed by atoms with Crippen LogP contribution in [0.2, 0.25) is 0 Å². The summed E-state index contributed by atoms with van der Waals surface area (Å²) in [6, 6.07) is 0.367. The first-order valence-corrected chi connectivity index (χ1v) is 5.10. The SMILES string of the molecule is CCC(=O)C(CCCN)NC(C)C. The van der Waals surface area contributed by atoms with Crippen molar-refractivity contribution in [3.05, 3.63) is 0 Å². The van der Waals surface area contributed by atoms with Crippen LogP contribution in [0.5, 0.6) is 0 Å². The fourth-order valence-electron chi connectivity index (χ4n) is 1.31. The maximum atomic E-state index is 11.5. The number of rotatable bonds is 7. The second-order valence-electron chi connectivity index (χ2n) is 3.62. The highest BCUT2D eigenvalue weighted by Gasteiger charge is 2.15. The third-order valence-electron chi connectivity index (χ3n) is 1.97. The summed E-state index contributed by atoms with van der Waals surface area (Å²) in [5.41, 5.74) is 5.41. The summed E-state index contributed by atoms with van der Waals surface area (Å²) in [5, 5.41) is 3.26. The van der Waals surface area contributed by atoms with Crippen molar-refractivity contribution >= 4 is 5.78 Å². The van der Waals surface area contributed by atoms with Crippen LogP contribution >= 0.6 is 0 Å². The van der Waals surface area contributed by atoms with E-state index in [0.29, 0.717) is 24.8 Å². The van der Waals surface area contributed by atoms with E-state index in [0.717, 1.165) is 12.8 Å². The molecule has 0 bridgehead atoms. The van der Waals surface area contributed by atoms with Gasteiger partial charge in [0.25, 0.3) is 0 Å². The van der Waals surface area contributed by atoms with Crippen molar-refractivity contribution in [2.75, 3.05) is 6.54 Å². The van der Waals surface area contributed by atoms with Crippen LogP contribution in [0.25, 0.3) is 0 Å². The van der Waals surface area contributed by atoms with E-state index in [2.05, 4.69) is 19.2 Å². The van der Waals surface area contributed by atoms with Gasteiger partial charge in [-0.25, -0.2) is 0 Å². The first-order chi connectivity index (χ1) is 6.11. The molecule has 0 rings (SSSR count). The molecule has 0 fully saturated rings. The lowest BCUT2D eigenvalue weighted by Crippen LogP contribution is -2.40. The van der Waals surface area contributed by atoms with Gasteiger partial charge in [0.15, 0.2) is 0 Å². The van der Waals surface area contributed by atoms with Gasteiger partial charge >= 0.3 is 0 Å². The second-order valence-corrected chi connectivity index (χ2v) is 3.62. The summed E-state index contributed by atoms with van der Waals surface area (Å²) >= 11 is 0. The summed E-state index contributed by atoms with van der Waals surface area (Å²) in [6.45, 7) is 6.67. The Morgan fingerprint density at radius 1 is 1.46 bits per heavy atom. The molecule has 0 amide bonds. The Kier molecular flexibility index (Phi) is 6.82. The van der Waals surface area contributed by atoms with Crippen LogP contribution < -0.4 is 11.1 Å². The molecule has 0 spiro atoms. The van der Waals surface area contributed by atoms with Gasteiger partial charge in [0.05, 0.1) is 6.04 Å². The lowest BCUT2D eigenvalue weighted by Gasteiger charge is -2.19.